The Morgan fingerprint density at radius 3 is 1.93 bits per heavy atom. The van der Waals surface area contributed by atoms with Crippen molar-refractivity contribution in [3.8, 4) is 0 Å². The fraction of sp³-hybridized carbons (Fsp3) is 0.681. The summed E-state index contributed by atoms with van der Waals surface area (Å²) in [5.41, 5.74) is 5.33. The van der Waals surface area contributed by atoms with Gasteiger partial charge >= 0.3 is 19.8 Å². The number of hydrogen-bond acceptors (Lipinski definition) is 12. The second kappa shape index (κ2) is 36.5. The zero-order valence-corrected chi connectivity index (χ0v) is 37.8. The van der Waals surface area contributed by atoms with E-state index >= 15 is 0 Å². The molecule has 0 saturated heterocycles. The van der Waals surface area contributed by atoms with Gasteiger partial charge in [0.15, 0.2) is 6.10 Å². The van der Waals surface area contributed by atoms with Gasteiger partial charge in [0, 0.05) is 50.5 Å². The van der Waals surface area contributed by atoms with E-state index in [1.165, 1.54) is 19.3 Å². The van der Waals surface area contributed by atoms with Crippen molar-refractivity contribution in [1.82, 2.24) is 0 Å². The Bertz CT molecular complexity index is 1410. The van der Waals surface area contributed by atoms with Crippen LogP contribution in [0.15, 0.2) is 72.9 Å². The van der Waals surface area contributed by atoms with E-state index < -0.39 is 69.2 Å². The van der Waals surface area contributed by atoms with E-state index in [-0.39, 0.29) is 51.0 Å². The fourth-order valence-electron chi connectivity index (χ4n) is 6.61. The van der Waals surface area contributed by atoms with Crippen molar-refractivity contribution < 1.29 is 57.7 Å². The average Bonchev–Trinajstić information content (AvgIpc) is 3.49. The van der Waals surface area contributed by atoms with Crippen LogP contribution in [-0.4, -0.2) is 88.7 Å². The molecule has 0 aromatic heterocycles. The Balaban J connectivity index is 2.46. The lowest BCUT2D eigenvalue weighted by molar-refractivity contribution is -0.161. The Labute approximate surface area is 365 Å². The van der Waals surface area contributed by atoms with Crippen LogP contribution in [0.4, 0.5) is 0 Å². The monoisotopic (exact) mass is 880 g/mol. The van der Waals surface area contributed by atoms with Crippen LogP contribution in [0.5, 0.6) is 0 Å². The van der Waals surface area contributed by atoms with E-state index in [1.54, 1.807) is 12.2 Å². The molecule has 0 aromatic carbocycles. The molecule has 0 aromatic rings. The maximum absolute atomic E-state index is 12.8. The summed E-state index contributed by atoms with van der Waals surface area (Å²) in [6.45, 7) is 3.06. The van der Waals surface area contributed by atoms with Crippen LogP contribution >= 0.6 is 7.82 Å². The fourth-order valence-corrected chi connectivity index (χ4v) is 7.38. The first-order chi connectivity index (χ1) is 29.4. The molecule has 14 heteroatoms. The largest absolute Gasteiger partial charge is 0.472 e. The topological polar surface area (TPSA) is 212 Å². The van der Waals surface area contributed by atoms with Crippen LogP contribution in [0.2, 0.25) is 0 Å². The number of allylic oxidation sites excluding steroid dienone is 10. The average molecular weight is 880 g/mol. The molecule has 348 valence electrons. The van der Waals surface area contributed by atoms with Gasteiger partial charge < -0.3 is 35.4 Å². The number of phosphoric acid groups is 1. The van der Waals surface area contributed by atoms with Crippen molar-refractivity contribution in [2.24, 2.45) is 17.6 Å². The summed E-state index contributed by atoms with van der Waals surface area (Å²) in [7, 11) is -4.49. The predicted octanol–water partition coefficient (Wildman–Crippen LogP) is 8.61. The van der Waals surface area contributed by atoms with Gasteiger partial charge in [-0.3, -0.25) is 23.4 Å². The van der Waals surface area contributed by atoms with Gasteiger partial charge in [0.05, 0.1) is 31.5 Å². The molecule has 0 aliphatic heterocycles. The minimum absolute atomic E-state index is 0.0146. The van der Waals surface area contributed by atoms with E-state index in [0.29, 0.717) is 32.1 Å². The molecule has 1 rings (SSSR count). The van der Waals surface area contributed by atoms with Crippen LogP contribution in [-0.2, 0) is 37.5 Å². The van der Waals surface area contributed by atoms with Crippen molar-refractivity contribution in [2.45, 2.75) is 167 Å². The van der Waals surface area contributed by atoms with Crippen LogP contribution in [0, 0.1) is 11.8 Å². The second-order valence-electron chi connectivity index (χ2n) is 15.5. The van der Waals surface area contributed by atoms with E-state index in [1.807, 2.05) is 18.2 Å². The molecule has 7 atom stereocenters. The lowest BCUT2D eigenvalue weighted by atomic mass is 9.87. The van der Waals surface area contributed by atoms with Gasteiger partial charge in [0.1, 0.15) is 12.4 Å². The third-order valence-corrected chi connectivity index (χ3v) is 11.0. The lowest BCUT2D eigenvalue weighted by Gasteiger charge is -2.20. The SMILES string of the molecule is CCCCC/C=C\C/C=C\C/C=C\C/C=C\C/C=C\CCC(=O)O[C@H](COC(=O)CCCCC(=O)C[C@@H]1[C@@H](/C=C/[C@@H](O)CCCCC)[C@H](O)C[C@@H]1O)COP(=O)(O)OCCN. The summed E-state index contributed by atoms with van der Waals surface area (Å²) in [5.74, 6) is -2.23. The summed E-state index contributed by atoms with van der Waals surface area (Å²) >= 11 is 0. The number of nitrogens with two attached hydrogens (primary N) is 1. The molecule has 13 nitrogen and oxygen atoms in total. The van der Waals surface area contributed by atoms with Crippen molar-refractivity contribution in [3.63, 3.8) is 0 Å². The number of hydrogen-bond donors (Lipinski definition) is 5. The molecular formula is C47H78NO12P. The highest BCUT2D eigenvalue weighted by atomic mass is 31.2. The third kappa shape index (κ3) is 30.7. The maximum Gasteiger partial charge on any atom is 0.472 e. The molecule has 1 aliphatic rings. The molecule has 0 spiro atoms. The van der Waals surface area contributed by atoms with Gasteiger partial charge in [-0.05, 0) is 64.2 Å². The first-order valence-electron chi connectivity index (χ1n) is 22.6. The summed E-state index contributed by atoms with van der Waals surface area (Å²) in [6.07, 6.45) is 34.4. The lowest BCUT2D eigenvalue weighted by Crippen LogP contribution is -2.29. The number of aliphatic hydroxyl groups is 3. The highest BCUT2D eigenvalue weighted by molar-refractivity contribution is 7.47. The van der Waals surface area contributed by atoms with Gasteiger partial charge in [-0.2, -0.15) is 0 Å². The molecule has 1 unspecified atom stereocenters. The zero-order valence-electron chi connectivity index (χ0n) is 36.9. The van der Waals surface area contributed by atoms with Crippen LogP contribution in [0.3, 0.4) is 0 Å². The number of ether oxygens (including phenoxy) is 2. The second-order valence-corrected chi connectivity index (χ2v) is 17.0. The standard InChI is InChI=1S/C47H78NO12P/c1-3-5-7-8-9-10-11-12-13-14-15-16-17-18-19-20-21-22-24-30-47(54)60-41(38-59-61(55,56)58-34-33-48)37-57-46(53)29-26-25-28-40(50)35-43-42(44(51)36-45(43)52)32-31-39(49)27-23-6-4-2/h9-10,12-13,15-16,18-19,21-22,31-32,39,41-45,49,51-52H,3-8,11,14,17,20,23-30,33-38,48H2,1-2H3,(H,55,56)/b10-9-,13-12-,16-15-,19-18-,22-21-,32-31+/t39-,41+,42+,43+,44+,45-/m0/s1. The van der Waals surface area contributed by atoms with E-state index in [2.05, 4.69) is 56.4 Å². The van der Waals surface area contributed by atoms with Gasteiger partial charge in [-0.1, -0.05) is 119 Å². The van der Waals surface area contributed by atoms with E-state index in [9.17, 15) is 39.2 Å². The number of ketones is 1. The van der Waals surface area contributed by atoms with Gasteiger partial charge in [-0.15, -0.1) is 0 Å². The minimum Gasteiger partial charge on any atom is -0.462 e. The number of aliphatic hydroxyl groups excluding tert-OH is 3. The summed E-state index contributed by atoms with van der Waals surface area (Å²) < 4.78 is 32.6. The number of phosphoric ester groups is 1. The van der Waals surface area contributed by atoms with Gasteiger partial charge in [0.25, 0.3) is 0 Å². The van der Waals surface area contributed by atoms with Crippen LogP contribution in [0.1, 0.15) is 142 Å². The Morgan fingerprint density at radius 2 is 1.31 bits per heavy atom. The molecule has 6 N–H and O–H groups in total. The van der Waals surface area contributed by atoms with E-state index in [4.69, 9.17) is 24.3 Å². The Morgan fingerprint density at radius 1 is 0.721 bits per heavy atom. The normalized spacial score (nSPS) is 20.5. The van der Waals surface area contributed by atoms with E-state index in [0.717, 1.165) is 44.9 Å². The van der Waals surface area contributed by atoms with Crippen LogP contribution < -0.4 is 5.73 Å². The molecule has 0 amide bonds. The molecule has 0 radical (unpaired) electrons. The van der Waals surface area contributed by atoms with Crippen molar-refractivity contribution in [1.29, 1.82) is 0 Å². The minimum atomic E-state index is -4.49. The zero-order chi connectivity index (χ0) is 45.0. The van der Waals surface area contributed by atoms with Gasteiger partial charge in [0.2, 0.25) is 0 Å². The molecule has 1 aliphatic carbocycles. The van der Waals surface area contributed by atoms with Gasteiger partial charge in [-0.25, -0.2) is 4.57 Å². The number of rotatable bonds is 37. The number of Topliss-reactive ketones (excluding diaryl/α,β-unsaturated/α-hetero) is 1. The molecule has 1 fully saturated rings. The highest BCUT2D eigenvalue weighted by Crippen LogP contribution is 2.43. The molecule has 1 saturated carbocycles. The number of carbonyl (C=O) groups is 3. The molecule has 0 bridgehead atoms. The Kier molecular flexibility index (Phi) is 33.5. The quantitative estimate of drug-likeness (QED) is 0.0171. The number of carbonyl (C=O) groups excluding carboxylic acids is 3. The maximum atomic E-state index is 12.8. The smallest absolute Gasteiger partial charge is 0.462 e. The molecular weight excluding hydrogens is 801 g/mol. The summed E-state index contributed by atoms with van der Waals surface area (Å²) in [6, 6.07) is 0. The molecule has 61 heavy (non-hydrogen) atoms. The number of esters is 2. The number of unbranched alkanes of at least 4 members (excludes halogenated alkanes) is 6. The predicted molar refractivity (Wildman–Crippen MR) is 240 cm³/mol. The summed E-state index contributed by atoms with van der Waals surface area (Å²) in [5, 5.41) is 31.3. The first-order valence-corrected chi connectivity index (χ1v) is 24.1. The van der Waals surface area contributed by atoms with Crippen LogP contribution in [0.25, 0.3) is 0 Å². The Hall–Kier alpha value is -3.00. The first kappa shape index (κ1) is 56.0. The highest BCUT2D eigenvalue weighted by Gasteiger charge is 2.41. The summed E-state index contributed by atoms with van der Waals surface area (Å²) in [4.78, 5) is 47.9. The van der Waals surface area contributed by atoms with Crippen molar-refractivity contribution >= 4 is 25.5 Å². The molecule has 0 heterocycles. The van der Waals surface area contributed by atoms with Crippen molar-refractivity contribution in [2.75, 3.05) is 26.4 Å². The van der Waals surface area contributed by atoms with Crippen molar-refractivity contribution in [3.05, 3.63) is 72.9 Å². The third-order valence-electron chi connectivity index (χ3n) is 10.1.